The quantitative estimate of drug-likeness (QED) is 0.690. The summed E-state index contributed by atoms with van der Waals surface area (Å²) in [5, 5.41) is 0. The normalized spacial score (nSPS) is 14.1. The van der Waals surface area contributed by atoms with Gasteiger partial charge in [-0.05, 0) is 24.1 Å². The molecule has 0 spiro atoms. The fourth-order valence-electron chi connectivity index (χ4n) is 1.59. The van der Waals surface area contributed by atoms with Crippen molar-refractivity contribution in [3.63, 3.8) is 0 Å². The van der Waals surface area contributed by atoms with Gasteiger partial charge in [0.25, 0.3) is 0 Å². The van der Waals surface area contributed by atoms with Crippen LogP contribution in [0.15, 0.2) is 18.2 Å². The van der Waals surface area contributed by atoms with E-state index in [2.05, 4.69) is 6.92 Å². The summed E-state index contributed by atoms with van der Waals surface area (Å²) in [7, 11) is 0. The molecule has 0 N–H and O–H groups in total. The molecule has 0 amide bonds. The number of ketones is 1. The summed E-state index contributed by atoms with van der Waals surface area (Å²) >= 11 is 0. The Kier molecular flexibility index (Phi) is 2.05. The Morgan fingerprint density at radius 2 is 2.31 bits per heavy atom. The maximum atomic E-state index is 11.3. The molecule has 0 atom stereocenters. The highest BCUT2D eigenvalue weighted by atomic mass is 16.5. The van der Waals surface area contributed by atoms with Crippen molar-refractivity contribution >= 4 is 5.78 Å². The minimum Gasteiger partial charge on any atom is -0.485 e. The van der Waals surface area contributed by atoms with E-state index in [1.807, 2.05) is 18.2 Å². The lowest BCUT2D eigenvalue weighted by atomic mass is 10.0. The third-order valence-corrected chi connectivity index (χ3v) is 2.24. The van der Waals surface area contributed by atoms with Crippen molar-refractivity contribution in [1.82, 2.24) is 0 Å². The molecule has 1 aromatic rings. The lowest BCUT2D eigenvalue weighted by Gasteiger charge is -2.00. The van der Waals surface area contributed by atoms with Gasteiger partial charge in [-0.1, -0.05) is 19.4 Å². The smallest absolute Gasteiger partial charge is 0.203 e. The van der Waals surface area contributed by atoms with Gasteiger partial charge < -0.3 is 4.74 Å². The number of carbonyl (C=O) groups excluding carboxylic acids is 1. The lowest BCUT2D eigenvalue weighted by Crippen LogP contribution is -1.99. The molecule has 2 rings (SSSR count). The predicted molar refractivity (Wildman–Crippen MR) is 50.3 cm³/mol. The van der Waals surface area contributed by atoms with Gasteiger partial charge in [-0.3, -0.25) is 4.79 Å². The zero-order valence-corrected chi connectivity index (χ0v) is 7.67. The highest BCUT2D eigenvalue weighted by Gasteiger charge is 2.20. The molecule has 2 heteroatoms. The van der Waals surface area contributed by atoms with Crippen molar-refractivity contribution in [2.24, 2.45) is 0 Å². The van der Waals surface area contributed by atoms with E-state index in [1.54, 1.807) is 0 Å². The molecule has 1 aliphatic heterocycles. The van der Waals surface area contributed by atoms with Crippen molar-refractivity contribution in [2.45, 2.75) is 19.8 Å². The second-order valence-electron chi connectivity index (χ2n) is 3.29. The number of fused-ring (bicyclic) bond motifs is 1. The fourth-order valence-corrected chi connectivity index (χ4v) is 1.59. The third kappa shape index (κ3) is 1.44. The van der Waals surface area contributed by atoms with Crippen molar-refractivity contribution in [3.8, 4) is 5.75 Å². The van der Waals surface area contributed by atoms with Crippen molar-refractivity contribution in [3.05, 3.63) is 29.3 Å². The Balaban J connectivity index is 2.36. The molecular formula is C11H12O2. The number of rotatable bonds is 2. The van der Waals surface area contributed by atoms with Gasteiger partial charge in [0, 0.05) is 0 Å². The number of carbonyl (C=O) groups is 1. The summed E-state index contributed by atoms with van der Waals surface area (Å²) in [6, 6.07) is 5.88. The molecule has 1 aliphatic rings. The molecule has 0 bridgehead atoms. The van der Waals surface area contributed by atoms with E-state index < -0.39 is 0 Å². The first-order valence-corrected chi connectivity index (χ1v) is 4.60. The molecule has 68 valence electrons. The van der Waals surface area contributed by atoms with Gasteiger partial charge in [-0.15, -0.1) is 0 Å². The van der Waals surface area contributed by atoms with Gasteiger partial charge in [0.05, 0.1) is 5.56 Å². The molecule has 0 radical (unpaired) electrons. The average molecular weight is 176 g/mol. The molecule has 1 aromatic carbocycles. The summed E-state index contributed by atoms with van der Waals surface area (Å²) in [6.07, 6.45) is 2.13. The largest absolute Gasteiger partial charge is 0.485 e. The van der Waals surface area contributed by atoms with Crippen molar-refractivity contribution in [2.75, 3.05) is 6.61 Å². The zero-order valence-electron chi connectivity index (χ0n) is 7.67. The van der Waals surface area contributed by atoms with Crippen LogP contribution in [0.5, 0.6) is 5.75 Å². The highest BCUT2D eigenvalue weighted by Crippen LogP contribution is 2.26. The van der Waals surface area contributed by atoms with E-state index >= 15 is 0 Å². The van der Waals surface area contributed by atoms with Crippen LogP contribution >= 0.6 is 0 Å². The zero-order chi connectivity index (χ0) is 9.26. The molecule has 0 saturated carbocycles. The maximum Gasteiger partial charge on any atom is 0.203 e. The topological polar surface area (TPSA) is 26.3 Å². The predicted octanol–water partition coefficient (Wildman–Crippen LogP) is 2.21. The summed E-state index contributed by atoms with van der Waals surface area (Å²) in [6.45, 7) is 2.34. The molecule has 13 heavy (non-hydrogen) atoms. The summed E-state index contributed by atoms with van der Waals surface area (Å²) in [4.78, 5) is 11.3. The maximum absolute atomic E-state index is 11.3. The Hall–Kier alpha value is -1.31. The lowest BCUT2D eigenvalue weighted by molar-refractivity contribution is 0.0961. The van der Waals surface area contributed by atoms with Crippen LogP contribution in [0.3, 0.4) is 0 Å². The number of hydrogen-bond donors (Lipinski definition) is 0. The monoisotopic (exact) mass is 176 g/mol. The Morgan fingerprint density at radius 3 is 3.08 bits per heavy atom. The van der Waals surface area contributed by atoms with E-state index in [-0.39, 0.29) is 12.4 Å². The molecule has 0 aromatic heterocycles. The third-order valence-electron chi connectivity index (χ3n) is 2.24. The Morgan fingerprint density at radius 1 is 1.46 bits per heavy atom. The van der Waals surface area contributed by atoms with Gasteiger partial charge >= 0.3 is 0 Å². The van der Waals surface area contributed by atoms with Crippen LogP contribution in [0.4, 0.5) is 0 Å². The van der Waals surface area contributed by atoms with Crippen molar-refractivity contribution < 1.29 is 9.53 Å². The SMILES string of the molecule is CCCc1ccc2c(c1)C(=O)CO2. The minimum absolute atomic E-state index is 0.105. The molecule has 0 unspecified atom stereocenters. The highest BCUT2D eigenvalue weighted by molar-refractivity contribution is 6.02. The summed E-state index contributed by atoms with van der Waals surface area (Å²) in [5.41, 5.74) is 1.98. The minimum atomic E-state index is 0.105. The van der Waals surface area contributed by atoms with Gasteiger partial charge in [0.2, 0.25) is 5.78 Å². The number of hydrogen-bond acceptors (Lipinski definition) is 2. The number of ether oxygens (including phenoxy) is 1. The van der Waals surface area contributed by atoms with Gasteiger partial charge in [0.15, 0.2) is 6.61 Å². The summed E-state index contributed by atoms with van der Waals surface area (Å²) < 4.78 is 5.19. The van der Waals surface area contributed by atoms with Gasteiger partial charge in [0.1, 0.15) is 5.75 Å². The second-order valence-corrected chi connectivity index (χ2v) is 3.29. The standard InChI is InChI=1S/C11H12O2/c1-2-3-8-4-5-11-9(6-8)10(12)7-13-11/h4-6H,2-3,7H2,1H3. The van der Waals surface area contributed by atoms with Crippen LogP contribution in [-0.4, -0.2) is 12.4 Å². The van der Waals surface area contributed by atoms with Crippen LogP contribution in [0.2, 0.25) is 0 Å². The molecule has 0 saturated heterocycles. The molecule has 1 heterocycles. The summed E-state index contributed by atoms with van der Waals surface area (Å²) in [5.74, 6) is 0.845. The van der Waals surface area contributed by atoms with E-state index in [1.165, 1.54) is 5.56 Å². The van der Waals surface area contributed by atoms with Crippen LogP contribution in [0.1, 0.15) is 29.3 Å². The van der Waals surface area contributed by atoms with E-state index in [9.17, 15) is 4.79 Å². The molecule has 0 fully saturated rings. The first-order chi connectivity index (χ1) is 6.31. The van der Waals surface area contributed by atoms with Crippen LogP contribution in [0, 0.1) is 0 Å². The van der Waals surface area contributed by atoms with Gasteiger partial charge in [-0.25, -0.2) is 0 Å². The second kappa shape index (κ2) is 3.21. The molecule has 2 nitrogen and oxygen atoms in total. The number of benzene rings is 1. The average Bonchev–Trinajstić information content (AvgIpc) is 2.49. The van der Waals surface area contributed by atoms with Gasteiger partial charge in [-0.2, -0.15) is 0 Å². The molecular weight excluding hydrogens is 164 g/mol. The fraction of sp³-hybridized carbons (Fsp3) is 0.364. The van der Waals surface area contributed by atoms with E-state index in [0.29, 0.717) is 0 Å². The first kappa shape index (κ1) is 8.30. The Labute approximate surface area is 77.5 Å². The van der Waals surface area contributed by atoms with Crippen LogP contribution in [-0.2, 0) is 6.42 Å². The Bertz CT molecular complexity index is 342. The number of aryl methyl sites for hydroxylation is 1. The van der Waals surface area contributed by atoms with Crippen LogP contribution < -0.4 is 4.74 Å². The molecule has 0 aliphatic carbocycles. The van der Waals surface area contributed by atoms with Crippen molar-refractivity contribution in [1.29, 1.82) is 0 Å². The van der Waals surface area contributed by atoms with E-state index in [0.717, 1.165) is 24.2 Å². The van der Waals surface area contributed by atoms with Crippen LogP contribution in [0.25, 0.3) is 0 Å². The number of Topliss-reactive ketones (excluding diaryl/α,β-unsaturated/α-hetero) is 1. The van der Waals surface area contributed by atoms with E-state index in [4.69, 9.17) is 4.74 Å². The first-order valence-electron chi connectivity index (χ1n) is 4.60.